The molecule has 1 N–H and O–H groups in total. The molecule has 5 nitrogen and oxygen atoms in total. The SMILES string of the molecule is C[C@H](CCc1ccco1)NC(=O)c1cccc2ccnn12. The molecule has 0 saturated heterocycles. The van der Waals surface area contributed by atoms with E-state index in [1.165, 1.54) is 0 Å². The first kappa shape index (κ1) is 13.4. The minimum Gasteiger partial charge on any atom is -0.469 e. The molecule has 3 rings (SSSR count). The number of fused-ring (bicyclic) bond motifs is 1. The normalized spacial score (nSPS) is 12.4. The van der Waals surface area contributed by atoms with Crippen LogP contribution in [0.2, 0.25) is 0 Å². The molecular formula is C16H17N3O2. The maximum atomic E-state index is 12.3. The molecule has 0 saturated carbocycles. The molecule has 0 spiro atoms. The van der Waals surface area contributed by atoms with E-state index >= 15 is 0 Å². The predicted octanol–water partition coefficient (Wildman–Crippen LogP) is 2.68. The van der Waals surface area contributed by atoms with Gasteiger partial charge in [0.15, 0.2) is 0 Å². The van der Waals surface area contributed by atoms with E-state index in [0.29, 0.717) is 5.69 Å². The number of amides is 1. The number of hydrogen-bond acceptors (Lipinski definition) is 3. The molecule has 0 fully saturated rings. The summed E-state index contributed by atoms with van der Waals surface area (Å²) in [6.07, 6.45) is 4.98. The third-order valence-electron chi connectivity index (χ3n) is 3.44. The van der Waals surface area contributed by atoms with Crippen molar-refractivity contribution in [2.45, 2.75) is 25.8 Å². The highest BCUT2D eigenvalue weighted by Crippen LogP contribution is 2.09. The van der Waals surface area contributed by atoms with Crippen LogP contribution >= 0.6 is 0 Å². The van der Waals surface area contributed by atoms with Gasteiger partial charge in [-0.05, 0) is 43.7 Å². The van der Waals surface area contributed by atoms with Crippen molar-refractivity contribution in [1.29, 1.82) is 0 Å². The Balaban J connectivity index is 1.64. The Bertz CT molecular complexity index is 731. The van der Waals surface area contributed by atoms with Gasteiger partial charge >= 0.3 is 0 Å². The van der Waals surface area contributed by atoms with Gasteiger partial charge < -0.3 is 9.73 Å². The number of rotatable bonds is 5. The van der Waals surface area contributed by atoms with E-state index in [0.717, 1.165) is 24.1 Å². The number of carbonyl (C=O) groups is 1. The summed E-state index contributed by atoms with van der Waals surface area (Å²) in [5.74, 6) is 0.821. The van der Waals surface area contributed by atoms with Crippen LogP contribution in [0.1, 0.15) is 29.6 Å². The Morgan fingerprint density at radius 1 is 1.33 bits per heavy atom. The molecule has 1 amide bonds. The summed E-state index contributed by atoms with van der Waals surface area (Å²) in [6.45, 7) is 1.99. The molecule has 0 aliphatic heterocycles. The summed E-state index contributed by atoms with van der Waals surface area (Å²) in [5.41, 5.74) is 1.45. The second-order valence-electron chi connectivity index (χ2n) is 5.07. The second-order valence-corrected chi connectivity index (χ2v) is 5.07. The number of furan rings is 1. The number of carbonyl (C=O) groups excluding carboxylic acids is 1. The molecule has 21 heavy (non-hydrogen) atoms. The van der Waals surface area contributed by atoms with E-state index in [9.17, 15) is 4.79 Å². The van der Waals surface area contributed by atoms with Crippen LogP contribution in [0.15, 0.2) is 53.3 Å². The molecular weight excluding hydrogens is 266 g/mol. The fraction of sp³-hybridized carbons (Fsp3) is 0.250. The lowest BCUT2D eigenvalue weighted by Gasteiger charge is -2.13. The number of hydrogen-bond donors (Lipinski definition) is 1. The molecule has 0 bridgehead atoms. The summed E-state index contributed by atoms with van der Waals surface area (Å²) in [5, 5.41) is 7.17. The van der Waals surface area contributed by atoms with Gasteiger partial charge in [0.2, 0.25) is 0 Å². The molecule has 0 unspecified atom stereocenters. The average Bonchev–Trinajstić information content (AvgIpc) is 3.15. The van der Waals surface area contributed by atoms with Gasteiger partial charge in [0.25, 0.3) is 5.91 Å². The van der Waals surface area contributed by atoms with Crippen molar-refractivity contribution in [2.75, 3.05) is 0 Å². The molecule has 3 aromatic rings. The summed E-state index contributed by atoms with van der Waals surface area (Å²) < 4.78 is 6.94. The molecule has 3 heterocycles. The van der Waals surface area contributed by atoms with Crippen molar-refractivity contribution < 1.29 is 9.21 Å². The molecule has 1 atom stereocenters. The van der Waals surface area contributed by atoms with Gasteiger partial charge in [-0.3, -0.25) is 4.79 Å². The van der Waals surface area contributed by atoms with Gasteiger partial charge in [0.1, 0.15) is 11.5 Å². The van der Waals surface area contributed by atoms with Gasteiger partial charge in [-0.25, -0.2) is 4.52 Å². The van der Waals surface area contributed by atoms with Crippen molar-refractivity contribution >= 4 is 11.4 Å². The molecule has 0 aliphatic rings. The molecule has 3 aromatic heterocycles. The van der Waals surface area contributed by atoms with E-state index in [-0.39, 0.29) is 11.9 Å². The molecule has 5 heteroatoms. The summed E-state index contributed by atoms with van der Waals surface area (Å²) in [7, 11) is 0. The van der Waals surface area contributed by atoms with Crippen molar-refractivity contribution in [1.82, 2.24) is 14.9 Å². The zero-order chi connectivity index (χ0) is 14.7. The number of nitrogens with zero attached hydrogens (tertiary/aromatic N) is 2. The maximum Gasteiger partial charge on any atom is 0.270 e. The van der Waals surface area contributed by atoms with E-state index in [2.05, 4.69) is 10.4 Å². The fourth-order valence-corrected chi connectivity index (χ4v) is 2.30. The first-order valence-electron chi connectivity index (χ1n) is 7.00. The van der Waals surface area contributed by atoms with Crippen LogP contribution in [-0.4, -0.2) is 21.6 Å². The number of aromatic nitrogens is 2. The highest BCUT2D eigenvalue weighted by molar-refractivity contribution is 5.93. The van der Waals surface area contributed by atoms with Crippen LogP contribution < -0.4 is 5.32 Å². The van der Waals surface area contributed by atoms with Crippen LogP contribution in [0.3, 0.4) is 0 Å². The van der Waals surface area contributed by atoms with E-state index in [4.69, 9.17) is 4.42 Å². The topological polar surface area (TPSA) is 59.5 Å². The Hall–Kier alpha value is -2.56. The van der Waals surface area contributed by atoms with Gasteiger partial charge in [-0.2, -0.15) is 5.10 Å². The van der Waals surface area contributed by atoms with E-state index in [1.807, 2.05) is 37.3 Å². The maximum absolute atomic E-state index is 12.3. The number of nitrogens with one attached hydrogen (secondary N) is 1. The summed E-state index contributed by atoms with van der Waals surface area (Å²) >= 11 is 0. The van der Waals surface area contributed by atoms with Gasteiger partial charge in [-0.15, -0.1) is 0 Å². The highest BCUT2D eigenvalue weighted by Gasteiger charge is 2.13. The third kappa shape index (κ3) is 2.97. The van der Waals surface area contributed by atoms with E-state index < -0.39 is 0 Å². The predicted molar refractivity (Wildman–Crippen MR) is 79.1 cm³/mol. The lowest BCUT2D eigenvalue weighted by Crippen LogP contribution is -2.34. The number of pyridine rings is 1. The van der Waals surface area contributed by atoms with Crippen molar-refractivity contribution in [3.63, 3.8) is 0 Å². The minimum atomic E-state index is -0.115. The highest BCUT2D eigenvalue weighted by atomic mass is 16.3. The quantitative estimate of drug-likeness (QED) is 0.783. The Morgan fingerprint density at radius 3 is 3.05 bits per heavy atom. The van der Waals surface area contributed by atoms with Gasteiger partial charge in [-0.1, -0.05) is 6.07 Å². The zero-order valence-corrected chi connectivity index (χ0v) is 11.8. The van der Waals surface area contributed by atoms with Crippen molar-refractivity contribution in [3.8, 4) is 0 Å². The molecule has 0 aliphatic carbocycles. The van der Waals surface area contributed by atoms with Crippen LogP contribution in [0.4, 0.5) is 0 Å². The summed E-state index contributed by atoms with van der Waals surface area (Å²) in [6, 6.07) is 11.3. The van der Waals surface area contributed by atoms with Crippen LogP contribution in [0.25, 0.3) is 5.52 Å². The smallest absolute Gasteiger partial charge is 0.270 e. The van der Waals surface area contributed by atoms with Crippen LogP contribution in [-0.2, 0) is 6.42 Å². The standard InChI is InChI=1S/C16H17N3O2/c1-12(7-8-14-5-3-11-21-14)18-16(20)15-6-2-4-13-9-10-17-19(13)15/h2-6,9-12H,7-8H2,1H3,(H,18,20)/t12-/m1/s1. The van der Waals surface area contributed by atoms with Crippen molar-refractivity contribution in [2.24, 2.45) is 0 Å². The fourth-order valence-electron chi connectivity index (χ4n) is 2.30. The Morgan fingerprint density at radius 2 is 2.24 bits per heavy atom. The second kappa shape index (κ2) is 5.83. The first-order chi connectivity index (χ1) is 10.2. The molecule has 0 radical (unpaired) electrons. The number of aryl methyl sites for hydroxylation is 1. The Kier molecular flexibility index (Phi) is 3.73. The zero-order valence-electron chi connectivity index (χ0n) is 11.8. The van der Waals surface area contributed by atoms with Crippen LogP contribution in [0, 0.1) is 0 Å². The Labute approximate surface area is 122 Å². The first-order valence-corrected chi connectivity index (χ1v) is 7.00. The monoisotopic (exact) mass is 283 g/mol. The van der Waals surface area contributed by atoms with Crippen molar-refractivity contribution in [3.05, 3.63) is 60.3 Å². The van der Waals surface area contributed by atoms with Gasteiger partial charge in [0, 0.05) is 12.5 Å². The third-order valence-corrected chi connectivity index (χ3v) is 3.44. The van der Waals surface area contributed by atoms with Crippen LogP contribution in [0.5, 0.6) is 0 Å². The largest absolute Gasteiger partial charge is 0.469 e. The molecule has 0 aromatic carbocycles. The lowest BCUT2D eigenvalue weighted by molar-refractivity contribution is 0.0930. The van der Waals surface area contributed by atoms with E-state index in [1.54, 1.807) is 23.0 Å². The average molecular weight is 283 g/mol. The van der Waals surface area contributed by atoms with Gasteiger partial charge in [0.05, 0.1) is 18.0 Å². The molecule has 108 valence electrons. The lowest BCUT2D eigenvalue weighted by atomic mass is 10.1. The minimum absolute atomic E-state index is 0.0634. The summed E-state index contributed by atoms with van der Waals surface area (Å²) in [4.78, 5) is 12.3.